The minimum atomic E-state index is 0. The Morgan fingerprint density at radius 2 is 1.33 bits per heavy atom. The maximum absolute atomic E-state index is 2.99. The van der Waals surface area contributed by atoms with Crippen LogP contribution in [0, 0.1) is 43.2 Å². The molecule has 76 valence electrons. The van der Waals surface area contributed by atoms with Gasteiger partial charge >= 0.3 is 19.5 Å². The smallest absolute Gasteiger partial charge is 0.358 e. The summed E-state index contributed by atoms with van der Waals surface area (Å²) in [7, 11) is 0. The van der Waals surface area contributed by atoms with E-state index < -0.39 is 0 Å². The van der Waals surface area contributed by atoms with Gasteiger partial charge in [-0.25, -0.2) is 12.2 Å². The van der Waals surface area contributed by atoms with Crippen molar-refractivity contribution in [2.75, 3.05) is 0 Å². The summed E-state index contributed by atoms with van der Waals surface area (Å²) in [5.41, 5.74) is 0. The molecule has 0 fully saturated rings. The first kappa shape index (κ1) is 55.3. The predicted octanol–water partition coefficient (Wildman–Crippen LogP) is 3.98. The van der Waals surface area contributed by atoms with E-state index in [2.05, 4.69) is 12.2 Å². The Kier molecular flexibility index (Phi) is 195. The summed E-state index contributed by atoms with van der Waals surface area (Å²) in [4.78, 5) is 0. The molecule has 0 heterocycles. The molecule has 1 aliphatic rings. The predicted molar refractivity (Wildman–Crippen MR) is 60.9 cm³/mol. The van der Waals surface area contributed by atoms with Crippen molar-refractivity contribution < 1.29 is 19.5 Å². The van der Waals surface area contributed by atoms with Crippen LogP contribution in [0.3, 0.4) is 0 Å². The summed E-state index contributed by atoms with van der Waals surface area (Å²) in [6.07, 6.45) is 10.0. The molecule has 0 N–H and O–H groups in total. The van der Waals surface area contributed by atoms with Crippen molar-refractivity contribution in [1.82, 2.24) is 0 Å². The standard InChI is InChI=1S/C5H5.5CH3.ClH.Ru/c1-2-4-5-3-1;;;;;;;/h1-3H,4H2;5*1H3;1H;/q6*-1;;+6. The molecule has 2 heteroatoms. The monoisotopic (exact) mass is 278 g/mol. The summed E-state index contributed by atoms with van der Waals surface area (Å²) < 4.78 is 0. The molecule has 0 bridgehead atoms. The van der Waals surface area contributed by atoms with Gasteiger partial charge in [-0.1, -0.05) is 0 Å². The van der Waals surface area contributed by atoms with Crippen molar-refractivity contribution in [3.63, 3.8) is 0 Å². The third kappa shape index (κ3) is 31.5. The molecular weight excluding hydrogens is 257 g/mol. The number of hydrogen-bond acceptors (Lipinski definition) is 0. The molecule has 12 heavy (non-hydrogen) atoms. The molecule has 0 aromatic heterocycles. The fourth-order valence-electron chi connectivity index (χ4n) is 0.340. The summed E-state index contributed by atoms with van der Waals surface area (Å²) in [5, 5.41) is 0. The van der Waals surface area contributed by atoms with Gasteiger partial charge in [0.1, 0.15) is 0 Å². The van der Waals surface area contributed by atoms with Crippen molar-refractivity contribution >= 4 is 12.4 Å². The molecule has 0 saturated carbocycles. The average Bonchev–Trinajstić information content (AvgIpc) is 1.76. The number of hydrogen-bond donors (Lipinski definition) is 0. The van der Waals surface area contributed by atoms with E-state index in [1.807, 2.05) is 12.2 Å². The van der Waals surface area contributed by atoms with Gasteiger partial charge in [0.2, 0.25) is 0 Å². The van der Waals surface area contributed by atoms with Crippen LogP contribution in [0.5, 0.6) is 0 Å². The normalized spacial score (nSPS) is 7.33. The molecule has 0 radical (unpaired) electrons. The molecule has 0 atom stereocenters. The van der Waals surface area contributed by atoms with Gasteiger partial charge in [0.25, 0.3) is 0 Å². The first-order valence-corrected chi connectivity index (χ1v) is 1.72. The Morgan fingerprint density at radius 3 is 1.42 bits per heavy atom. The molecule has 0 spiro atoms. The zero-order chi connectivity index (χ0) is 3.54. The molecule has 0 nitrogen and oxygen atoms in total. The van der Waals surface area contributed by atoms with Gasteiger partial charge in [0.15, 0.2) is 0 Å². The van der Waals surface area contributed by atoms with E-state index >= 15 is 0 Å². The quantitative estimate of drug-likeness (QED) is 0.464. The van der Waals surface area contributed by atoms with Gasteiger partial charge in [-0.3, -0.25) is 6.08 Å². The molecule has 0 aromatic rings. The molecule has 0 aliphatic heterocycles. The Hall–Kier alpha value is 0.393. The number of halogens is 1. The van der Waals surface area contributed by atoms with Crippen LogP contribution < -0.4 is 0 Å². The van der Waals surface area contributed by atoms with E-state index in [4.69, 9.17) is 0 Å². The molecule has 1 rings (SSSR count). The zero-order valence-corrected chi connectivity index (χ0v) is 11.3. The van der Waals surface area contributed by atoms with Crippen LogP contribution in [0.2, 0.25) is 0 Å². The van der Waals surface area contributed by atoms with Gasteiger partial charge in [-0.15, -0.1) is 18.8 Å². The molecule has 0 unspecified atom stereocenters. The van der Waals surface area contributed by atoms with Crippen LogP contribution >= 0.6 is 12.4 Å². The van der Waals surface area contributed by atoms with Crippen molar-refractivity contribution in [2.45, 2.75) is 6.42 Å². The van der Waals surface area contributed by atoms with E-state index in [9.17, 15) is 0 Å². The summed E-state index contributed by atoms with van der Waals surface area (Å²) >= 11 is 0. The Morgan fingerprint density at radius 1 is 0.917 bits per heavy atom. The number of allylic oxidation sites excluding steroid dienone is 4. The fourth-order valence-corrected chi connectivity index (χ4v) is 0.340. The van der Waals surface area contributed by atoms with E-state index in [-0.39, 0.29) is 69.0 Å². The van der Waals surface area contributed by atoms with E-state index in [0.717, 1.165) is 6.42 Å². The van der Waals surface area contributed by atoms with Gasteiger partial charge < -0.3 is 37.1 Å². The third-order valence-corrected chi connectivity index (χ3v) is 0.586. The van der Waals surface area contributed by atoms with Crippen LogP contribution in [0.25, 0.3) is 0 Å². The first-order chi connectivity index (χ1) is 2.50. The van der Waals surface area contributed by atoms with Gasteiger partial charge in [-0.05, 0) is 0 Å². The van der Waals surface area contributed by atoms with Crippen molar-refractivity contribution in [3.05, 3.63) is 61.4 Å². The van der Waals surface area contributed by atoms with Crippen LogP contribution in [0.1, 0.15) is 6.42 Å². The third-order valence-electron chi connectivity index (χ3n) is 0.586. The maximum atomic E-state index is 2.99. The summed E-state index contributed by atoms with van der Waals surface area (Å²) in [5.74, 6) is 0. The molecule has 0 aromatic carbocycles. The zero-order valence-electron chi connectivity index (χ0n) is 8.70. The minimum Gasteiger partial charge on any atom is -0.358 e. The Balaban J connectivity index is -0.00000000714. The molecule has 1 aliphatic carbocycles. The van der Waals surface area contributed by atoms with Gasteiger partial charge in [-0.2, -0.15) is 6.08 Å². The van der Waals surface area contributed by atoms with E-state index in [1.165, 1.54) is 0 Å². The average molecular weight is 278 g/mol. The van der Waals surface area contributed by atoms with Crippen molar-refractivity contribution in [2.24, 2.45) is 0 Å². The van der Waals surface area contributed by atoms with Crippen molar-refractivity contribution in [3.8, 4) is 0 Å². The first-order valence-electron chi connectivity index (χ1n) is 1.72. The summed E-state index contributed by atoms with van der Waals surface area (Å²) in [6, 6.07) is 0. The van der Waals surface area contributed by atoms with Crippen molar-refractivity contribution in [1.29, 1.82) is 0 Å². The molecular formula is C10H21ClRu. The Labute approximate surface area is 99.7 Å². The second-order valence-electron chi connectivity index (χ2n) is 1.00. The van der Waals surface area contributed by atoms with Gasteiger partial charge in [0.05, 0.1) is 0 Å². The minimum absolute atomic E-state index is 0. The van der Waals surface area contributed by atoms with Gasteiger partial charge in [0, 0.05) is 0 Å². The van der Waals surface area contributed by atoms with Crippen LogP contribution in [-0.2, 0) is 19.5 Å². The van der Waals surface area contributed by atoms with E-state index in [0.29, 0.717) is 0 Å². The fraction of sp³-hybridized carbons (Fsp3) is 0.100. The largest absolute Gasteiger partial charge is 6.00 e. The van der Waals surface area contributed by atoms with Crippen LogP contribution in [-0.4, -0.2) is 0 Å². The van der Waals surface area contributed by atoms with E-state index in [1.54, 1.807) is 0 Å². The Bertz CT molecular complexity index is 67.9. The second-order valence-corrected chi connectivity index (χ2v) is 1.00. The van der Waals surface area contributed by atoms with Crippen LogP contribution in [0.15, 0.2) is 18.2 Å². The molecule has 0 amide bonds. The summed E-state index contributed by atoms with van der Waals surface area (Å²) in [6.45, 7) is 0. The maximum Gasteiger partial charge on any atom is 6.00 e. The topological polar surface area (TPSA) is 0 Å². The number of rotatable bonds is 0. The molecule has 0 saturated heterocycles. The second kappa shape index (κ2) is 42.3. The SMILES string of the molecule is Cl.[C-]1=CC=CC1.[CH3-].[CH3-].[CH3-].[CH3-].[CH3-].[Ru+6]. The van der Waals surface area contributed by atoms with Crippen LogP contribution in [0.4, 0.5) is 0 Å².